The molecule has 1 unspecified atom stereocenters. The van der Waals surface area contributed by atoms with Crippen LogP contribution in [-0.4, -0.2) is 44.7 Å². The number of hydrogen-bond acceptors (Lipinski definition) is 4. The third kappa shape index (κ3) is 6.89. The van der Waals surface area contributed by atoms with Crippen molar-refractivity contribution in [3.8, 4) is 0 Å². The molecule has 0 fully saturated rings. The van der Waals surface area contributed by atoms with Crippen molar-refractivity contribution in [2.75, 3.05) is 38.8 Å². The van der Waals surface area contributed by atoms with Gasteiger partial charge < -0.3 is 19.9 Å². The highest BCUT2D eigenvalue weighted by atomic mass is 16.5. The van der Waals surface area contributed by atoms with Crippen molar-refractivity contribution in [2.24, 2.45) is 5.92 Å². The molecule has 1 atom stereocenters. The van der Waals surface area contributed by atoms with Gasteiger partial charge in [-0.3, -0.25) is 0 Å². The summed E-state index contributed by atoms with van der Waals surface area (Å²) in [5.41, 5.74) is 2.25. The van der Waals surface area contributed by atoms with Crippen LogP contribution >= 0.6 is 0 Å². The quantitative estimate of drug-likeness (QED) is 0.691. The first kappa shape index (κ1) is 17.0. The summed E-state index contributed by atoms with van der Waals surface area (Å²) >= 11 is 0. The minimum absolute atomic E-state index is 0.366. The van der Waals surface area contributed by atoms with Crippen molar-refractivity contribution in [3.05, 3.63) is 29.8 Å². The first-order chi connectivity index (χ1) is 9.63. The summed E-state index contributed by atoms with van der Waals surface area (Å²) in [5.74, 6) is 0.491. The molecule has 0 saturated carbocycles. The van der Waals surface area contributed by atoms with Gasteiger partial charge in [-0.1, -0.05) is 32.0 Å². The second kappa shape index (κ2) is 9.75. The fourth-order valence-electron chi connectivity index (χ4n) is 1.85. The Labute approximate surface area is 122 Å². The predicted molar refractivity (Wildman–Crippen MR) is 82.2 cm³/mol. The Morgan fingerprint density at radius 1 is 1.20 bits per heavy atom. The molecule has 1 rings (SSSR count). The fraction of sp³-hybridized carbons (Fsp3) is 0.625. The highest BCUT2D eigenvalue weighted by molar-refractivity contribution is 5.51. The first-order valence-electron chi connectivity index (χ1n) is 7.20. The average molecular weight is 281 g/mol. The van der Waals surface area contributed by atoms with Gasteiger partial charge in [0.15, 0.2) is 0 Å². The Morgan fingerprint density at radius 3 is 2.65 bits per heavy atom. The number of nitrogens with one attached hydrogen (secondary N) is 1. The molecule has 1 aromatic carbocycles. The summed E-state index contributed by atoms with van der Waals surface area (Å²) in [7, 11) is 1.70. The summed E-state index contributed by atoms with van der Waals surface area (Å²) in [4.78, 5) is 0. The lowest BCUT2D eigenvalue weighted by Crippen LogP contribution is -2.26. The third-order valence-electron chi connectivity index (χ3n) is 2.88. The van der Waals surface area contributed by atoms with Crippen LogP contribution < -0.4 is 5.32 Å². The van der Waals surface area contributed by atoms with E-state index in [1.807, 2.05) is 18.2 Å². The van der Waals surface area contributed by atoms with Gasteiger partial charge in [0, 0.05) is 25.9 Å². The monoisotopic (exact) mass is 281 g/mol. The maximum Gasteiger partial charge on any atom is 0.0945 e. The van der Waals surface area contributed by atoms with E-state index in [-0.39, 0.29) is 0 Å². The zero-order valence-corrected chi connectivity index (χ0v) is 12.8. The van der Waals surface area contributed by atoms with E-state index in [2.05, 4.69) is 25.2 Å². The highest BCUT2D eigenvalue weighted by Crippen LogP contribution is 2.15. The fourth-order valence-corrected chi connectivity index (χ4v) is 1.85. The number of aliphatic hydroxyl groups excluding tert-OH is 1. The summed E-state index contributed by atoms with van der Waals surface area (Å²) < 4.78 is 10.5. The van der Waals surface area contributed by atoms with Crippen molar-refractivity contribution < 1.29 is 14.6 Å². The van der Waals surface area contributed by atoms with E-state index in [4.69, 9.17) is 9.47 Å². The molecule has 0 spiro atoms. The minimum Gasteiger partial charge on any atom is -0.389 e. The van der Waals surface area contributed by atoms with Gasteiger partial charge in [0.2, 0.25) is 0 Å². The Kier molecular flexibility index (Phi) is 8.26. The van der Waals surface area contributed by atoms with Gasteiger partial charge >= 0.3 is 0 Å². The molecule has 0 bridgehead atoms. The van der Waals surface area contributed by atoms with Crippen LogP contribution in [0.5, 0.6) is 0 Å². The van der Waals surface area contributed by atoms with E-state index in [1.165, 1.54) is 5.56 Å². The van der Waals surface area contributed by atoms with E-state index in [9.17, 15) is 5.11 Å². The number of para-hydroxylation sites is 1. The van der Waals surface area contributed by atoms with Crippen molar-refractivity contribution >= 4 is 5.69 Å². The van der Waals surface area contributed by atoms with Crippen LogP contribution in [0.4, 0.5) is 5.69 Å². The number of benzene rings is 1. The standard InChI is InChI=1S/C16H27NO3/c1-13(2)11-20-12-15(18)10-17-16-7-5-4-6-14(16)8-9-19-3/h4-7,13,15,17-18H,8-12H2,1-3H3. The number of rotatable bonds is 10. The SMILES string of the molecule is COCCc1ccccc1NCC(O)COCC(C)C. The van der Waals surface area contributed by atoms with Crippen LogP contribution in [0.15, 0.2) is 24.3 Å². The molecule has 114 valence electrons. The molecule has 0 saturated heterocycles. The lowest BCUT2D eigenvalue weighted by molar-refractivity contribution is 0.0318. The van der Waals surface area contributed by atoms with Gasteiger partial charge in [-0.15, -0.1) is 0 Å². The van der Waals surface area contributed by atoms with Crippen LogP contribution in [0, 0.1) is 5.92 Å². The Hall–Kier alpha value is -1.10. The van der Waals surface area contributed by atoms with E-state index in [1.54, 1.807) is 7.11 Å². The average Bonchev–Trinajstić information content (AvgIpc) is 2.43. The van der Waals surface area contributed by atoms with Crippen LogP contribution in [0.1, 0.15) is 19.4 Å². The number of ether oxygens (including phenoxy) is 2. The molecular weight excluding hydrogens is 254 g/mol. The molecule has 4 nitrogen and oxygen atoms in total. The van der Waals surface area contributed by atoms with E-state index < -0.39 is 6.10 Å². The molecular formula is C16H27NO3. The molecule has 20 heavy (non-hydrogen) atoms. The Balaban J connectivity index is 2.36. The normalized spacial score (nSPS) is 12.7. The van der Waals surface area contributed by atoms with Gasteiger partial charge in [-0.2, -0.15) is 0 Å². The van der Waals surface area contributed by atoms with E-state index >= 15 is 0 Å². The molecule has 1 aromatic rings. The lowest BCUT2D eigenvalue weighted by atomic mass is 10.1. The number of methoxy groups -OCH3 is 1. The van der Waals surface area contributed by atoms with Gasteiger partial charge in [0.1, 0.15) is 0 Å². The molecule has 0 aromatic heterocycles. The van der Waals surface area contributed by atoms with Crippen molar-refractivity contribution in [2.45, 2.75) is 26.4 Å². The zero-order chi connectivity index (χ0) is 14.8. The Bertz CT molecular complexity index is 368. The van der Waals surface area contributed by atoms with Crippen molar-refractivity contribution in [3.63, 3.8) is 0 Å². The van der Waals surface area contributed by atoms with Crippen LogP contribution in [-0.2, 0) is 15.9 Å². The molecule has 0 aliphatic carbocycles. The van der Waals surface area contributed by atoms with Crippen LogP contribution in [0.2, 0.25) is 0 Å². The number of hydrogen-bond donors (Lipinski definition) is 2. The molecule has 4 heteroatoms. The maximum absolute atomic E-state index is 9.88. The van der Waals surface area contributed by atoms with Crippen molar-refractivity contribution in [1.82, 2.24) is 0 Å². The molecule has 0 amide bonds. The van der Waals surface area contributed by atoms with Crippen LogP contribution in [0.3, 0.4) is 0 Å². The summed E-state index contributed by atoms with van der Waals surface area (Å²) in [6.07, 6.45) is 0.365. The molecule has 0 aliphatic rings. The molecule has 2 N–H and O–H groups in total. The summed E-state index contributed by atoms with van der Waals surface area (Å²) in [6.45, 7) is 6.42. The summed E-state index contributed by atoms with van der Waals surface area (Å²) in [5, 5.41) is 13.2. The molecule has 0 radical (unpaired) electrons. The van der Waals surface area contributed by atoms with E-state index in [0.717, 1.165) is 12.1 Å². The Morgan fingerprint density at radius 2 is 1.95 bits per heavy atom. The lowest BCUT2D eigenvalue weighted by Gasteiger charge is -2.16. The highest BCUT2D eigenvalue weighted by Gasteiger charge is 2.07. The van der Waals surface area contributed by atoms with Gasteiger partial charge in [0.25, 0.3) is 0 Å². The largest absolute Gasteiger partial charge is 0.389 e. The topological polar surface area (TPSA) is 50.7 Å². The van der Waals surface area contributed by atoms with E-state index in [0.29, 0.717) is 32.3 Å². The predicted octanol–water partition coefficient (Wildman–Crippen LogP) is 2.32. The van der Waals surface area contributed by atoms with Gasteiger partial charge in [0.05, 0.1) is 19.3 Å². The number of anilines is 1. The maximum atomic E-state index is 9.88. The van der Waals surface area contributed by atoms with Crippen molar-refractivity contribution in [1.29, 1.82) is 0 Å². The molecule has 0 heterocycles. The third-order valence-corrected chi connectivity index (χ3v) is 2.88. The smallest absolute Gasteiger partial charge is 0.0945 e. The van der Waals surface area contributed by atoms with Crippen LogP contribution in [0.25, 0.3) is 0 Å². The minimum atomic E-state index is -0.496. The zero-order valence-electron chi connectivity index (χ0n) is 12.8. The summed E-state index contributed by atoms with van der Waals surface area (Å²) in [6, 6.07) is 8.09. The second-order valence-corrected chi connectivity index (χ2v) is 5.37. The first-order valence-corrected chi connectivity index (χ1v) is 7.20. The van der Waals surface area contributed by atoms with Gasteiger partial charge in [-0.25, -0.2) is 0 Å². The van der Waals surface area contributed by atoms with Gasteiger partial charge in [-0.05, 0) is 24.0 Å². The second-order valence-electron chi connectivity index (χ2n) is 5.37. The molecule has 0 aliphatic heterocycles. The number of aliphatic hydroxyl groups is 1.